The Morgan fingerprint density at radius 1 is 1.50 bits per heavy atom. The Morgan fingerprint density at radius 3 is 3.08 bits per heavy atom. The third kappa shape index (κ3) is 0.967. The monoisotopic (exact) mass is 178 g/mol. The molecule has 0 fully saturated rings. The van der Waals surface area contributed by atoms with E-state index in [1.54, 1.807) is 6.07 Å². The highest BCUT2D eigenvalue weighted by atomic mass is 32.1. The largest absolute Gasteiger partial charge is 0.375 e. The summed E-state index contributed by atoms with van der Waals surface area (Å²) in [6, 6.07) is 5.45. The number of hydrogen-bond acceptors (Lipinski definition) is 4. The van der Waals surface area contributed by atoms with Gasteiger partial charge in [0, 0.05) is 5.56 Å². The maximum atomic E-state index is 10.6. The van der Waals surface area contributed by atoms with Gasteiger partial charge in [0.15, 0.2) is 11.4 Å². The third-order valence-electron chi connectivity index (χ3n) is 1.59. The summed E-state index contributed by atoms with van der Waals surface area (Å²) in [7, 11) is 0. The minimum atomic E-state index is 0.499. The fourth-order valence-electron chi connectivity index (χ4n) is 1.08. The van der Waals surface area contributed by atoms with Gasteiger partial charge in [0.1, 0.15) is 0 Å². The van der Waals surface area contributed by atoms with Crippen LogP contribution in [0.1, 0.15) is 10.4 Å². The summed E-state index contributed by atoms with van der Waals surface area (Å²) in [5.74, 6) is 0. The predicted molar refractivity (Wildman–Crippen MR) is 49.4 cm³/mol. The van der Waals surface area contributed by atoms with Gasteiger partial charge in [-0.2, -0.15) is 0 Å². The van der Waals surface area contributed by atoms with Crippen molar-refractivity contribution in [3.63, 3.8) is 0 Å². The maximum absolute atomic E-state index is 10.6. The number of anilines is 1. The summed E-state index contributed by atoms with van der Waals surface area (Å²) in [6.07, 6.45) is 0.793. The first kappa shape index (κ1) is 7.24. The van der Waals surface area contributed by atoms with E-state index in [2.05, 4.69) is 4.98 Å². The molecule has 2 rings (SSSR count). The highest BCUT2D eigenvalue weighted by molar-refractivity contribution is 7.22. The number of aromatic nitrogens is 1. The molecule has 0 aliphatic carbocycles. The number of benzene rings is 1. The van der Waals surface area contributed by atoms with E-state index in [0.717, 1.165) is 11.0 Å². The molecule has 0 spiro atoms. The molecule has 0 saturated heterocycles. The Kier molecular flexibility index (Phi) is 1.55. The number of nitrogens with zero attached hydrogens (tertiary/aromatic N) is 1. The van der Waals surface area contributed by atoms with E-state index in [0.29, 0.717) is 16.2 Å². The smallest absolute Gasteiger partial charge is 0.181 e. The molecule has 2 aromatic rings. The lowest BCUT2D eigenvalue weighted by atomic mass is 10.2. The number of carbonyl (C=O) groups is 1. The van der Waals surface area contributed by atoms with E-state index in [1.807, 2.05) is 12.1 Å². The summed E-state index contributed by atoms with van der Waals surface area (Å²) in [4.78, 5) is 14.6. The molecule has 0 atom stereocenters. The van der Waals surface area contributed by atoms with Crippen LogP contribution < -0.4 is 5.73 Å². The number of aldehydes is 1. The fraction of sp³-hybridized carbons (Fsp3) is 0. The summed E-state index contributed by atoms with van der Waals surface area (Å²) < 4.78 is 0.956. The van der Waals surface area contributed by atoms with Gasteiger partial charge in [-0.3, -0.25) is 4.79 Å². The fourth-order valence-corrected chi connectivity index (χ4v) is 1.85. The zero-order valence-electron chi connectivity index (χ0n) is 6.15. The van der Waals surface area contributed by atoms with Gasteiger partial charge in [0.05, 0.1) is 10.2 Å². The molecule has 0 bridgehead atoms. The average molecular weight is 178 g/mol. The van der Waals surface area contributed by atoms with E-state index in [1.165, 1.54) is 11.3 Å². The van der Waals surface area contributed by atoms with Crippen LogP contribution in [-0.4, -0.2) is 11.3 Å². The first-order chi connectivity index (χ1) is 5.81. The van der Waals surface area contributed by atoms with Gasteiger partial charge in [-0.25, -0.2) is 4.98 Å². The van der Waals surface area contributed by atoms with Crippen LogP contribution >= 0.6 is 11.3 Å². The van der Waals surface area contributed by atoms with Crippen molar-refractivity contribution in [3.8, 4) is 0 Å². The van der Waals surface area contributed by atoms with Crippen LogP contribution in [0.15, 0.2) is 18.2 Å². The molecule has 2 N–H and O–H groups in total. The van der Waals surface area contributed by atoms with Crippen LogP contribution in [0.25, 0.3) is 10.2 Å². The van der Waals surface area contributed by atoms with Crippen LogP contribution in [0, 0.1) is 0 Å². The molecule has 0 aliphatic heterocycles. The minimum absolute atomic E-state index is 0.499. The number of carbonyl (C=O) groups excluding carboxylic acids is 1. The van der Waals surface area contributed by atoms with E-state index in [4.69, 9.17) is 5.73 Å². The second kappa shape index (κ2) is 2.57. The Bertz CT molecular complexity index is 436. The Hall–Kier alpha value is -1.42. The number of rotatable bonds is 1. The quantitative estimate of drug-likeness (QED) is 0.676. The molecule has 4 heteroatoms. The Labute approximate surface area is 72.8 Å². The van der Waals surface area contributed by atoms with Crippen molar-refractivity contribution >= 4 is 33.0 Å². The Balaban J connectivity index is 2.86. The molecular formula is C8H6N2OS. The van der Waals surface area contributed by atoms with Gasteiger partial charge in [0.2, 0.25) is 0 Å². The molecule has 60 valence electrons. The standard InChI is InChI=1S/C8H6N2OS/c9-8-10-7-5(4-11)2-1-3-6(7)12-8/h1-4H,(H2,9,10). The molecule has 1 heterocycles. The van der Waals surface area contributed by atoms with Crippen molar-refractivity contribution in [1.82, 2.24) is 4.98 Å². The van der Waals surface area contributed by atoms with Gasteiger partial charge in [-0.1, -0.05) is 17.4 Å². The van der Waals surface area contributed by atoms with Crippen molar-refractivity contribution in [3.05, 3.63) is 23.8 Å². The van der Waals surface area contributed by atoms with Crippen molar-refractivity contribution < 1.29 is 4.79 Å². The summed E-state index contributed by atoms with van der Waals surface area (Å²) in [6.45, 7) is 0. The molecule has 0 amide bonds. The van der Waals surface area contributed by atoms with Crippen molar-refractivity contribution in [1.29, 1.82) is 0 Å². The highest BCUT2D eigenvalue weighted by Gasteiger charge is 2.03. The zero-order chi connectivity index (χ0) is 8.55. The predicted octanol–water partition coefficient (Wildman–Crippen LogP) is 1.69. The van der Waals surface area contributed by atoms with Crippen LogP contribution in [0.5, 0.6) is 0 Å². The lowest BCUT2D eigenvalue weighted by molar-refractivity contribution is 0.112. The summed E-state index contributed by atoms with van der Waals surface area (Å²) in [5.41, 5.74) is 6.81. The van der Waals surface area contributed by atoms with Crippen LogP contribution in [0.3, 0.4) is 0 Å². The SMILES string of the molecule is Nc1nc2c(C=O)cccc2s1. The summed E-state index contributed by atoms with van der Waals surface area (Å²) in [5, 5.41) is 0.499. The molecule has 3 nitrogen and oxygen atoms in total. The first-order valence-corrected chi connectivity index (χ1v) is 4.23. The minimum Gasteiger partial charge on any atom is -0.375 e. The number of para-hydroxylation sites is 1. The Morgan fingerprint density at radius 2 is 2.33 bits per heavy atom. The van der Waals surface area contributed by atoms with Crippen LogP contribution in [0.2, 0.25) is 0 Å². The topological polar surface area (TPSA) is 56.0 Å². The maximum Gasteiger partial charge on any atom is 0.181 e. The molecule has 0 saturated carbocycles. The number of fused-ring (bicyclic) bond motifs is 1. The molecule has 12 heavy (non-hydrogen) atoms. The third-order valence-corrected chi connectivity index (χ3v) is 2.44. The van der Waals surface area contributed by atoms with E-state index in [9.17, 15) is 4.79 Å². The highest BCUT2D eigenvalue weighted by Crippen LogP contribution is 2.25. The lowest BCUT2D eigenvalue weighted by Gasteiger charge is -1.89. The number of thiazole rings is 1. The first-order valence-electron chi connectivity index (χ1n) is 3.41. The average Bonchev–Trinajstić information content (AvgIpc) is 2.44. The van der Waals surface area contributed by atoms with Crippen LogP contribution in [0.4, 0.5) is 5.13 Å². The zero-order valence-corrected chi connectivity index (χ0v) is 6.97. The normalized spacial score (nSPS) is 10.3. The molecule has 1 aromatic carbocycles. The van der Waals surface area contributed by atoms with E-state index < -0.39 is 0 Å². The number of nitrogen functional groups attached to an aromatic ring is 1. The van der Waals surface area contributed by atoms with E-state index >= 15 is 0 Å². The van der Waals surface area contributed by atoms with Gasteiger partial charge < -0.3 is 5.73 Å². The van der Waals surface area contributed by atoms with Crippen LogP contribution in [-0.2, 0) is 0 Å². The molecule has 0 aliphatic rings. The molecule has 0 radical (unpaired) electrons. The summed E-state index contributed by atoms with van der Waals surface area (Å²) >= 11 is 1.39. The second-order valence-electron chi connectivity index (χ2n) is 2.36. The van der Waals surface area contributed by atoms with Crippen molar-refractivity contribution in [2.75, 3.05) is 5.73 Å². The van der Waals surface area contributed by atoms with Crippen molar-refractivity contribution in [2.45, 2.75) is 0 Å². The lowest BCUT2D eigenvalue weighted by Crippen LogP contribution is -1.83. The molecular weight excluding hydrogens is 172 g/mol. The van der Waals surface area contributed by atoms with E-state index in [-0.39, 0.29) is 0 Å². The second-order valence-corrected chi connectivity index (χ2v) is 3.43. The molecule has 0 unspecified atom stereocenters. The molecule has 1 aromatic heterocycles. The van der Waals surface area contributed by atoms with Gasteiger partial charge in [-0.05, 0) is 12.1 Å². The van der Waals surface area contributed by atoms with Gasteiger partial charge in [0.25, 0.3) is 0 Å². The number of nitrogens with two attached hydrogens (primary N) is 1. The van der Waals surface area contributed by atoms with Gasteiger partial charge in [-0.15, -0.1) is 0 Å². The van der Waals surface area contributed by atoms with Gasteiger partial charge >= 0.3 is 0 Å². The van der Waals surface area contributed by atoms with Crippen molar-refractivity contribution in [2.24, 2.45) is 0 Å². The number of hydrogen-bond donors (Lipinski definition) is 1.